The van der Waals surface area contributed by atoms with Crippen LogP contribution in [0.3, 0.4) is 0 Å². The topological polar surface area (TPSA) is 150 Å². The molecule has 13 heteroatoms. The van der Waals surface area contributed by atoms with Crippen LogP contribution in [-0.4, -0.2) is 92.5 Å². The van der Waals surface area contributed by atoms with E-state index in [4.69, 9.17) is 11.6 Å². The van der Waals surface area contributed by atoms with Gasteiger partial charge in [-0.1, -0.05) is 17.7 Å². The predicted octanol–water partition coefficient (Wildman–Crippen LogP) is 3.44. The average molecular weight is 674 g/mol. The molecule has 0 radical (unpaired) electrons. The molecule has 6 rings (SSSR count). The van der Waals surface area contributed by atoms with Crippen LogP contribution in [0, 0.1) is 5.92 Å². The van der Waals surface area contributed by atoms with Gasteiger partial charge >= 0.3 is 0 Å². The van der Waals surface area contributed by atoms with Gasteiger partial charge in [0.05, 0.1) is 46.5 Å². The summed E-state index contributed by atoms with van der Waals surface area (Å²) in [5.41, 5.74) is 0.768. The first-order valence-corrected chi connectivity index (χ1v) is 16.7. The summed E-state index contributed by atoms with van der Waals surface area (Å²) >= 11 is 6.23. The summed E-state index contributed by atoms with van der Waals surface area (Å²) in [6, 6.07) is 12.0. The molecule has 3 N–H and O–H groups in total. The van der Waals surface area contributed by atoms with Gasteiger partial charge in [-0.25, -0.2) is 4.98 Å². The van der Waals surface area contributed by atoms with Crippen molar-refractivity contribution in [2.45, 2.75) is 56.7 Å². The molecule has 252 valence electrons. The fourth-order valence-corrected chi connectivity index (χ4v) is 6.94. The molecule has 0 unspecified atom stereocenters. The van der Waals surface area contributed by atoms with Gasteiger partial charge in [0.1, 0.15) is 0 Å². The maximum Gasteiger partial charge on any atom is 0.261 e. The van der Waals surface area contributed by atoms with E-state index in [2.05, 4.69) is 20.6 Å². The van der Waals surface area contributed by atoms with Gasteiger partial charge in [0.2, 0.25) is 11.8 Å². The Bertz CT molecular complexity index is 1910. The molecular weight excluding hydrogens is 634 g/mol. The van der Waals surface area contributed by atoms with E-state index in [1.807, 2.05) is 4.90 Å². The Morgan fingerprint density at radius 3 is 2.42 bits per heavy atom. The molecule has 3 heterocycles. The highest BCUT2D eigenvalue weighted by molar-refractivity contribution is 6.35. The monoisotopic (exact) mass is 673 g/mol. The smallest absolute Gasteiger partial charge is 0.261 e. The van der Waals surface area contributed by atoms with Crippen LogP contribution >= 0.6 is 11.6 Å². The standard InChI is InChI=1S/C35H40ClN7O5/c1-41(2)19-31(44)39-25-8-10-27-30(18-25)38-21-43(34(27)47)20-35(48)12-15-42(16-13-35)33(46)22-3-6-24(7-4-22)40-32(45)23-5-9-26-28(36)11-14-37-29(26)17-23/h5,8-11,14,17-18,21-22,24,48H,3-4,6-7,12-13,15-16,19-20H2,1-2H3,(H,39,44)(H,40,45). The molecular formula is C35H40ClN7O5. The normalized spacial score (nSPS) is 19.4. The van der Waals surface area contributed by atoms with Crippen molar-refractivity contribution >= 4 is 56.8 Å². The summed E-state index contributed by atoms with van der Waals surface area (Å²) in [5, 5.41) is 19.1. The number of halogens is 1. The first kappa shape index (κ1) is 33.5. The van der Waals surface area contributed by atoms with Gasteiger partial charge in [-0.2, -0.15) is 0 Å². The highest BCUT2D eigenvalue weighted by atomic mass is 35.5. The number of pyridine rings is 1. The van der Waals surface area contributed by atoms with Crippen molar-refractivity contribution < 1.29 is 19.5 Å². The lowest BCUT2D eigenvalue weighted by molar-refractivity contribution is -0.141. The number of hydrogen-bond donors (Lipinski definition) is 3. The maximum atomic E-state index is 13.4. The summed E-state index contributed by atoms with van der Waals surface area (Å²) in [7, 11) is 3.61. The second-order valence-corrected chi connectivity index (χ2v) is 13.7. The van der Waals surface area contributed by atoms with Gasteiger partial charge in [-0.15, -0.1) is 0 Å². The Kier molecular flexibility index (Phi) is 9.77. The van der Waals surface area contributed by atoms with E-state index in [9.17, 15) is 24.3 Å². The predicted molar refractivity (Wildman–Crippen MR) is 184 cm³/mol. The van der Waals surface area contributed by atoms with Gasteiger partial charge < -0.3 is 25.5 Å². The zero-order valence-corrected chi connectivity index (χ0v) is 27.9. The van der Waals surface area contributed by atoms with Gasteiger partial charge in [0.25, 0.3) is 11.5 Å². The number of fused-ring (bicyclic) bond motifs is 2. The number of piperidine rings is 1. The Hall–Kier alpha value is -4.39. The number of benzene rings is 2. The number of likely N-dealkylation sites (N-methyl/N-ethyl adjacent to an activating group) is 1. The van der Waals surface area contributed by atoms with E-state index in [1.54, 1.807) is 67.7 Å². The molecule has 0 bridgehead atoms. The zero-order valence-electron chi connectivity index (χ0n) is 27.1. The second kappa shape index (κ2) is 14.0. The summed E-state index contributed by atoms with van der Waals surface area (Å²) in [5.74, 6) is -0.379. The summed E-state index contributed by atoms with van der Waals surface area (Å²) in [6.07, 6.45) is 6.50. The molecule has 1 saturated heterocycles. The summed E-state index contributed by atoms with van der Waals surface area (Å²) in [4.78, 5) is 64.1. The van der Waals surface area contributed by atoms with E-state index in [0.29, 0.717) is 84.3 Å². The van der Waals surface area contributed by atoms with E-state index in [1.165, 1.54) is 10.9 Å². The zero-order chi connectivity index (χ0) is 34.0. The van der Waals surface area contributed by atoms with Crippen LogP contribution in [0.2, 0.25) is 5.02 Å². The molecule has 3 amide bonds. The summed E-state index contributed by atoms with van der Waals surface area (Å²) in [6.45, 7) is 1.11. The molecule has 12 nitrogen and oxygen atoms in total. The minimum atomic E-state index is -1.15. The quantitative estimate of drug-likeness (QED) is 0.258. The highest BCUT2D eigenvalue weighted by Crippen LogP contribution is 2.30. The SMILES string of the molecule is CN(C)CC(=O)Nc1ccc2c(=O)n(CC3(O)CCN(C(=O)C4CCC(NC(=O)c5ccc6c(Cl)ccnc6c5)CC4)CC3)cnc2c1. The maximum absolute atomic E-state index is 13.4. The number of aliphatic hydroxyl groups is 1. The van der Waals surface area contributed by atoms with Crippen LogP contribution in [0.4, 0.5) is 5.69 Å². The summed E-state index contributed by atoms with van der Waals surface area (Å²) < 4.78 is 1.42. The molecule has 1 aliphatic carbocycles. The minimum Gasteiger partial charge on any atom is -0.388 e. The molecule has 0 atom stereocenters. The van der Waals surface area contributed by atoms with Crippen molar-refractivity contribution in [2.24, 2.45) is 5.92 Å². The Balaban J connectivity index is 0.991. The van der Waals surface area contributed by atoms with Crippen molar-refractivity contribution in [1.82, 2.24) is 29.7 Å². The third-order valence-electron chi connectivity index (χ3n) is 9.40. The van der Waals surface area contributed by atoms with Crippen LogP contribution in [0.15, 0.2) is 59.8 Å². The van der Waals surface area contributed by atoms with Gasteiger partial charge in [0, 0.05) is 47.9 Å². The second-order valence-electron chi connectivity index (χ2n) is 13.3. The fraction of sp³-hybridized carbons (Fsp3) is 0.429. The molecule has 48 heavy (non-hydrogen) atoms. The number of hydrogen-bond acceptors (Lipinski definition) is 8. The number of rotatable bonds is 8. The molecule has 2 fully saturated rings. The lowest BCUT2D eigenvalue weighted by Gasteiger charge is -2.40. The average Bonchev–Trinajstić information content (AvgIpc) is 3.06. The Morgan fingerprint density at radius 2 is 1.69 bits per heavy atom. The number of carbonyl (C=O) groups is 3. The van der Waals surface area contributed by atoms with Crippen molar-refractivity contribution in [1.29, 1.82) is 0 Å². The third kappa shape index (κ3) is 7.51. The molecule has 2 aromatic heterocycles. The van der Waals surface area contributed by atoms with Gasteiger partial charge in [-0.05, 0) is 89.0 Å². The number of nitrogens with zero attached hydrogens (tertiary/aromatic N) is 5. The number of likely N-dealkylation sites (tertiary alicyclic amines) is 1. The molecule has 0 spiro atoms. The van der Waals surface area contributed by atoms with E-state index < -0.39 is 5.60 Å². The number of aromatic nitrogens is 3. The van der Waals surface area contributed by atoms with Crippen molar-refractivity contribution in [3.8, 4) is 0 Å². The van der Waals surface area contributed by atoms with Crippen LogP contribution in [-0.2, 0) is 16.1 Å². The van der Waals surface area contributed by atoms with E-state index in [0.717, 1.165) is 5.39 Å². The highest BCUT2D eigenvalue weighted by Gasteiger charge is 2.37. The number of amides is 3. The Morgan fingerprint density at radius 1 is 0.979 bits per heavy atom. The van der Waals surface area contributed by atoms with Crippen LogP contribution in [0.5, 0.6) is 0 Å². The molecule has 2 aromatic carbocycles. The lowest BCUT2D eigenvalue weighted by atomic mass is 9.84. The van der Waals surface area contributed by atoms with Crippen LogP contribution in [0.1, 0.15) is 48.9 Å². The largest absolute Gasteiger partial charge is 0.388 e. The number of nitrogens with one attached hydrogen (secondary N) is 2. The van der Waals surface area contributed by atoms with Crippen molar-refractivity contribution in [3.63, 3.8) is 0 Å². The van der Waals surface area contributed by atoms with Crippen molar-refractivity contribution in [3.05, 3.63) is 75.9 Å². The number of anilines is 1. The first-order valence-electron chi connectivity index (χ1n) is 16.3. The molecule has 1 aliphatic heterocycles. The molecule has 2 aliphatic rings. The molecule has 4 aromatic rings. The first-order chi connectivity index (χ1) is 23.0. The van der Waals surface area contributed by atoms with Gasteiger partial charge in [0.15, 0.2) is 0 Å². The minimum absolute atomic E-state index is 0.0155. The molecule has 1 saturated carbocycles. The fourth-order valence-electron chi connectivity index (χ4n) is 6.72. The van der Waals surface area contributed by atoms with Crippen molar-refractivity contribution in [2.75, 3.05) is 39.0 Å². The lowest BCUT2D eigenvalue weighted by Crippen LogP contribution is -2.51. The van der Waals surface area contributed by atoms with Gasteiger partial charge in [-0.3, -0.25) is 28.7 Å². The van der Waals surface area contributed by atoms with Crippen LogP contribution in [0.25, 0.3) is 21.8 Å². The number of carbonyl (C=O) groups excluding carboxylic acids is 3. The van der Waals surface area contributed by atoms with Crippen LogP contribution < -0.4 is 16.2 Å². The third-order valence-corrected chi connectivity index (χ3v) is 9.73. The van der Waals surface area contributed by atoms with E-state index in [-0.39, 0.29) is 48.3 Å². The van der Waals surface area contributed by atoms with E-state index >= 15 is 0 Å². The Labute approximate surface area is 283 Å².